The van der Waals surface area contributed by atoms with Gasteiger partial charge in [-0.15, -0.1) is 0 Å². The smallest absolute Gasteiger partial charge is 0.387 e. The molecule has 0 saturated heterocycles. The molecule has 134 valence electrons. The van der Waals surface area contributed by atoms with Crippen molar-refractivity contribution in [2.75, 3.05) is 5.32 Å². The summed E-state index contributed by atoms with van der Waals surface area (Å²) >= 11 is 0. The Hall–Kier alpha value is -3.29. The van der Waals surface area contributed by atoms with Gasteiger partial charge in [0.15, 0.2) is 0 Å². The van der Waals surface area contributed by atoms with E-state index in [1.807, 2.05) is 0 Å². The number of alkyl halides is 2. The predicted octanol–water partition coefficient (Wildman–Crippen LogP) is 3.92. The highest BCUT2D eigenvalue weighted by atomic mass is 19.3. The number of halogens is 3. The Bertz CT molecular complexity index is 895. The van der Waals surface area contributed by atoms with Gasteiger partial charge in [-0.25, -0.2) is 4.39 Å². The second-order valence-corrected chi connectivity index (χ2v) is 5.41. The van der Waals surface area contributed by atoms with Crippen molar-refractivity contribution in [3.8, 4) is 5.75 Å². The molecular weight excluding hydrogens is 347 g/mol. The third-order valence-electron chi connectivity index (χ3n) is 3.47. The minimum atomic E-state index is -2.92. The standard InChI is InChI=1S/C18H14F3N3O2/c19-14-3-1-2-12(8-14)10-24-11-15(9-22-24)23-17(25)13-4-6-16(7-5-13)26-18(20)21/h1-9,11,18H,10H2,(H,23,25). The van der Waals surface area contributed by atoms with Crippen LogP contribution in [-0.4, -0.2) is 22.3 Å². The molecule has 0 aliphatic heterocycles. The number of carbonyl (C=O) groups is 1. The highest BCUT2D eigenvalue weighted by molar-refractivity contribution is 6.04. The zero-order valence-corrected chi connectivity index (χ0v) is 13.4. The van der Waals surface area contributed by atoms with Crippen molar-refractivity contribution in [1.82, 2.24) is 9.78 Å². The molecule has 0 radical (unpaired) electrons. The Morgan fingerprint density at radius 1 is 1.19 bits per heavy atom. The number of aromatic nitrogens is 2. The van der Waals surface area contributed by atoms with E-state index in [2.05, 4.69) is 15.2 Å². The summed E-state index contributed by atoms with van der Waals surface area (Å²) in [6, 6.07) is 11.5. The molecular formula is C18H14F3N3O2. The number of amides is 1. The summed E-state index contributed by atoms with van der Waals surface area (Å²) in [5, 5.41) is 6.76. The van der Waals surface area contributed by atoms with Crippen LogP contribution in [0.15, 0.2) is 60.9 Å². The topological polar surface area (TPSA) is 56.2 Å². The maximum Gasteiger partial charge on any atom is 0.387 e. The van der Waals surface area contributed by atoms with Crippen LogP contribution in [0.1, 0.15) is 15.9 Å². The molecule has 1 N–H and O–H groups in total. The summed E-state index contributed by atoms with van der Waals surface area (Å²) in [5.74, 6) is -0.777. The van der Waals surface area contributed by atoms with Gasteiger partial charge in [0.2, 0.25) is 0 Å². The van der Waals surface area contributed by atoms with Crippen molar-refractivity contribution in [3.63, 3.8) is 0 Å². The first-order valence-electron chi connectivity index (χ1n) is 7.63. The minimum Gasteiger partial charge on any atom is -0.435 e. The first-order chi connectivity index (χ1) is 12.5. The van der Waals surface area contributed by atoms with Crippen LogP contribution in [0.3, 0.4) is 0 Å². The first-order valence-corrected chi connectivity index (χ1v) is 7.63. The highest BCUT2D eigenvalue weighted by Gasteiger charge is 2.10. The average Bonchev–Trinajstić information content (AvgIpc) is 3.02. The summed E-state index contributed by atoms with van der Waals surface area (Å²) in [6.45, 7) is -2.56. The normalized spacial score (nSPS) is 10.8. The summed E-state index contributed by atoms with van der Waals surface area (Å²) in [7, 11) is 0. The van der Waals surface area contributed by atoms with Crippen molar-refractivity contribution < 1.29 is 22.7 Å². The van der Waals surface area contributed by atoms with Crippen LogP contribution in [-0.2, 0) is 6.54 Å². The fourth-order valence-corrected chi connectivity index (χ4v) is 2.33. The van der Waals surface area contributed by atoms with Crippen LogP contribution in [0, 0.1) is 5.82 Å². The second kappa shape index (κ2) is 7.73. The SMILES string of the molecule is O=C(Nc1cnn(Cc2cccc(F)c2)c1)c1ccc(OC(F)F)cc1. The average molecular weight is 361 g/mol. The Morgan fingerprint density at radius 3 is 2.65 bits per heavy atom. The van der Waals surface area contributed by atoms with E-state index in [4.69, 9.17) is 0 Å². The summed E-state index contributed by atoms with van der Waals surface area (Å²) in [6.07, 6.45) is 3.07. The van der Waals surface area contributed by atoms with Gasteiger partial charge in [0.25, 0.3) is 5.91 Å². The van der Waals surface area contributed by atoms with Crippen molar-refractivity contribution in [2.24, 2.45) is 0 Å². The van der Waals surface area contributed by atoms with E-state index in [1.165, 1.54) is 42.6 Å². The lowest BCUT2D eigenvalue weighted by Crippen LogP contribution is -2.11. The molecule has 0 aliphatic rings. The molecule has 0 fully saturated rings. The predicted molar refractivity (Wildman–Crippen MR) is 88.8 cm³/mol. The molecule has 3 aromatic rings. The van der Waals surface area contributed by atoms with E-state index >= 15 is 0 Å². The van der Waals surface area contributed by atoms with Crippen LogP contribution < -0.4 is 10.1 Å². The molecule has 2 aromatic carbocycles. The Kier molecular flexibility index (Phi) is 5.21. The molecule has 26 heavy (non-hydrogen) atoms. The molecule has 0 bridgehead atoms. The molecule has 3 rings (SSSR count). The molecule has 0 unspecified atom stereocenters. The molecule has 8 heteroatoms. The summed E-state index contributed by atoms with van der Waals surface area (Å²) in [5.41, 5.74) is 1.48. The van der Waals surface area contributed by atoms with Crippen molar-refractivity contribution >= 4 is 11.6 Å². The van der Waals surface area contributed by atoms with Crippen LogP contribution in [0.2, 0.25) is 0 Å². The van der Waals surface area contributed by atoms with E-state index in [0.717, 1.165) is 5.56 Å². The van der Waals surface area contributed by atoms with E-state index in [0.29, 0.717) is 12.2 Å². The van der Waals surface area contributed by atoms with Gasteiger partial charge in [0, 0.05) is 11.8 Å². The Balaban J connectivity index is 1.62. The highest BCUT2D eigenvalue weighted by Crippen LogP contribution is 2.16. The van der Waals surface area contributed by atoms with Gasteiger partial charge in [-0.2, -0.15) is 13.9 Å². The minimum absolute atomic E-state index is 0.0283. The van der Waals surface area contributed by atoms with E-state index < -0.39 is 12.5 Å². The molecule has 5 nitrogen and oxygen atoms in total. The number of carbonyl (C=O) groups excluding carboxylic acids is 1. The number of nitrogens with zero attached hydrogens (tertiary/aromatic N) is 2. The van der Waals surface area contributed by atoms with Gasteiger partial charge in [-0.1, -0.05) is 12.1 Å². The lowest BCUT2D eigenvalue weighted by molar-refractivity contribution is -0.0498. The van der Waals surface area contributed by atoms with Crippen LogP contribution >= 0.6 is 0 Å². The molecule has 1 amide bonds. The zero-order valence-electron chi connectivity index (χ0n) is 13.4. The molecule has 0 spiro atoms. The van der Waals surface area contributed by atoms with Gasteiger partial charge in [-0.05, 0) is 42.0 Å². The number of hydrogen-bond donors (Lipinski definition) is 1. The van der Waals surface area contributed by atoms with Gasteiger partial charge in [0.05, 0.1) is 18.4 Å². The van der Waals surface area contributed by atoms with Crippen molar-refractivity contribution in [3.05, 3.63) is 77.9 Å². The number of benzene rings is 2. The monoisotopic (exact) mass is 361 g/mol. The lowest BCUT2D eigenvalue weighted by Gasteiger charge is -2.06. The quantitative estimate of drug-likeness (QED) is 0.724. The number of anilines is 1. The van der Waals surface area contributed by atoms with Crippen LogP contribution in [0.25, 0.3) is 0 Å². The molecule has 0 saturated carbocycles. The Morgan fingerprint density at radius 2 is 1.96 bits per heavy atom. The van der Waals surface area contributed by atoms with Gasteiger partial charge in [-0.3, -0.25) is 9.48 Å². The molecule has 0 aliphatic carbocycles. The number of rotatable bonds is 6. The van der Waals surface area contributed by atoms with Crippen LogP contribution in [0.4, 0.5) is 18.9 Å². The van der Waals surface area contributed by atoms with E-state index in [9.17, 15) is 18.0 Å². The van der Waals surface area contributed by atoms with Crippen molar-refractivity contribution in [1.29, 1.82) is 0 Å². The maximum atomic E-state index is 13.2. The zero-order chi connectivity index (χ0) is 18.5. The Labute approximate surface area is 147 Å². The largest absolute Gasteiger partial charge is 0.435 e. The molecule has 0 atom stereocenters. The second-order valence-electron chi connectivity index (χ2n) is 5.41. The van der Waals surface area contributed by atoms with Gasteiger partial charge < -0.3 is 10.1 Å². The van der Waals surface area contributed by atoms with Crippen LogP contribution in [0.5, 0.6) is 5.75 Å². The van der Waals surface area contributed by atoms with Gasteiger partial charge in [0.1, 0.15) is 11.6 Å². The summed E-state index contributed by atoms with van der Waals surface area (Å²) in [4.78, 5) is 12.2. The lowest BCUT2D eigenvalue weighted by atomic mass is 10.2. The first kappa shape index (κ1) is 17.5. The van der Waals surface area contributed by atoms with E-state index in [-0.39, 0.29) is 17.1 Å². The fraction of sp³-hybridized carbons (Fsp3) is 0.111. The van der Waals surface area contributed by atoms with E-state index in [1.54, 1.807) is 23.0 Å². The van der Waals surface area contributed by atoms with Crippen molar-refractivity contribution in [2.45, 2.75) is 13.2 Å². The maximum absolute atomic E-state index is 13.2. The third kappa shape index (κ3) is 4.62. The fourth-order valence-electron chi connectivity index (χ4n) is 2.33. The number of hydrogen-bond acceptors (Lipinski definition) is 3. The molecule has 1 heterocycles. The molecule has 1 aromatic heterocycles. The van der Waals surface area contributed by atoms with Gasteiger partial charge >= 0.3 is 6.61 Å². The summed E-state index contributed by atoms with van der Waals surface area (Å²) < 4.78 is 43.2. The number of ether oxygens (including phenoxy) is 1. The number of nitrogens with one attached hydrogen (secondary N) is 1. The third-order valence-corrected chi connectivity index (χ3v) is 3.47.